The molecule has 2 rings (SSSR count). The molecule has 0 fully saturated rings. The van der Waals surface area contributed by atoms with Gasteiger partial charge in [0.15, 0.2) is 5.82 Å². The molecule has 0 bridgehead atoms. The highest BCUT2D eigenvalue weighted by Gasteiger charge is 2.26. The van der Waals surface area contributed by atoms with E-state index in [9.17, 15) is 4.57 Å². The van der Waals surface area contributed by atoms with Crippen LogP contribution in [0.1, 0.15) is 19.7 Å². The lowest BCUT2D eigenvalue weighted by Gasteiger charge is -2.15. The zero-order valence-corrected chi connectivity index (χ0v) is 13.1. The van der Waals surface area contributed by atoms with E-state index in [1.807, 2.05) is 0 Å². The zero-order valence-electron chi connectivity index (χ0n) is 12.2. The smallest absolute Gasteiger partial charge is 0.338 e. The molecule has 2 aromatic heterocycles. The Hall–Kier alpha value is -2.03. The van der Waals surface area contributed by atoms with Crippen LogP contribution in [0.5, 0.6) is 0 Å². The molecule has 0 saturated carbocycles. The van der Waals surface area contributed by atoms with Gasteiger partial charge in [-0.15, -0.1) is 20.4 Å². The monoisotopic (exact) mass is 325 g/mol. The molecule has 2 aromatic rings. The molecule has 0 aliphatic carbocycles. The van der Waals surface area contributed by atoms with E-state index >= 15 is 0 Å². The van der Waals surface area contributed by atoms with Crippen LogP contribution in [0.25, 0.3) is 11.6 Å². The fourth-order valence-electron chi connectivity index (χ4n) is 1.55. The van der Waals surface area contributed by atoms with Crippen molar-refractivity contribution in [3.63, 3.8) is 0 Å². The van der Waals surface area contributed by atoms with Crippen molar-refractivity contribution in [3.05, 3.63) is 18.2 Å². The van der Waals surface area contributed by atoms with Crippen molar-refractivity contribution in [3.8, 4) is 11.6 Å². The summed E-state index contributed by atoms with van der Waals surface area (Å²) < 4.78 is 22.7. The van der Waals surface area contributed by atoms with E-state index in [4.69, 9.17) is 14.8 Å². The zero-order chi connectivity index (χ0) is 16.0. The third-order valence-corrected chi connectivity index (χ3v) is 4.35. The highest BCUT2D eigenvalue weighted by Crippen LogP contribution is 2.50. The molecule has 2 N–H and O–H groups in total. The van der Waals surface area contributed by atoms with Crippen LogP contribution in [0.15, 0.2) is 12.4 Å². The SMILES string of the molecule is CCOP(=O)(Cc1nnc(-c2ncc(N)cn2)nn1)OCC. The number of rotatable bonds is 7. The summed E-state index contributed by atoms with van der Waals surface area (Å²) >= 11 is 0. The van der Waals surface area contributed by atoms with Gasteiger partial charge in [-0.1, -0.05) is 0 Å². The molecule has 0 unspecified atom stereocenters. The predicted molar refractivity (Wildman–Crippen MR) is 77.6 cm³/mol. The van der Waals surface area contributed by atoms with E-state index in [-0.39, 0.29) is 36.8 Å². The van der Waals surface area contributed by atoms with Crippen molar-refractivity contribution < 1.29 is 13.6 Å². The van der Waals surface area contributed by atoms with Crippen LogP contribution in [-0.2, 0) is 19.8 Å². The highest BCUT2D eigenvalue weighted by molar-refractivity contribution is 7.53. The number of nitrogens with two attached hydrogens (primary N) is 1. The van der Waals surface area contributed by atoms with Crippen LogP contribution in [0.4, 0.5) is 5.69 Å². The van der Waals surface area contributed by atoms with E-state index in [1.54, 1.807) is 13.8 Å². The van der Waals surface area contributed by atoms with E-state index in [2.05, 4.69) is 30.4 Å². The molecule has 11 heteroatoms. The molecule has 0 atom stereocenters. The summed E-state index contributed by atoms with van der Waals surface area (Å²) in [6, 6.07) is 0. The molecule has 22 heavy (non-hydrogen) atoms. The fraction of sp³-hybridized carbons (Fsp3) is 0.455. The molecule has 0 amide bonds. The van der Waals surface area contributed by atoms with Crippen LogP contribution >= 0.6 is 7.60 Å². The maximum absolute atomic E-state index is 12.4. The Balaban J connectivity index is 2.14. The van der Waals surface area contributed by atoms with Gasteiger partial charge >= 0.3 is 7.60 Å². The Bertz CT molecular complexity index is 640. The van der Waals surface area contributed by atoms with Gasteiger partial charge in [-0.25, -0.2) is 9.97 Å². The van der Waals surface area contributed by atoms with Crippen molar-refractivity contribution in [2.45, 2.75) is 20.0 Å². The Kier molecular flexibility index (Phi) is 5.42. The summed E-state index contributed by atoms with van der Waals surface area (Å²) in [7, 11) is -3.29. The minimum atomic E-state index is -3.29. The summed E-state index contributed by atoms with van der Waals surface area (Å²) in [5.74, 6) is 0.550. The van der Waals surface area contributed by atoms with Gasteiger partial charge in [0.05, 0.1) is 31.3 Å². The summed E-state index contributed by atoms with van der Waals surface area (Å²) in [6.45, 7) is 3.97. The first-order valence-electron chi connectivity index (χ1n) is 6.58. The molecule has 0 spiro atoms. The lowest BCUT2D eigenvalue weighted by molar-refractivity contribution is 0.218. The number of nitrogen functional groups attached to an aromatic ring is 1. The second-order valence-electron chi connectivity index (χ2n) is 4.08. The van der Waals surface area contributed by atoms with E-state index in [0.717, 1.165) is 0 Å². The summed E-state index contributed by atoms with van der Waals surface area (Å²) in [5.41, 5.74) is 5.93. The van der Waals surface area contributed by atoms with Gasteiger partial charge in [-0.05, 0) is 13.8 Å². The van der Waals surface area contributed by atoms with E-state index in [0.29, 0.717) is 5.69 Å². The number of hydrogen-bond acceptors (Lipinski definition) is 10. The van der Waals surface area contributed by atoms with Crippen molar-refractivity contribution in [1.29, 1.82) is 0 Å². The van der Waals surface area contributed by atoms with E-state index < -0.39 is 7.60 Å². The topological polar surface area (TPSA) is 139 Å². The van der Waals surface area contributed by atoms with Gasteiger partial charge in [-0.2, -0.15) is 0 Å². The maximum atomic E-state index is 12.4. The van der Waals surface area contributed by atoms with Crippen molar-refractivity contribution >= 4 is 13.3 Å². The molecular formula is C11H16N7O3P. The first kappa shape index (κ1) is 16.3. The second-order valence-corrected chi connectivity index (χ2v) is 6.14. The highest BCUT2D eigenvalue weighted by atomic mass is 31.2. The average Bonchev–Trinajstić information content (AvgIpc) is 2.49. The van der Waals surface area contributed by atoms with Crippen LogP contribution < -0.4 is 5.73 Å². The first-order chi connectivity index (χ1) is 10.6. The molecule has 0 aromatic carbocycles. The molecule has 0 aliphatic heterocycles. The van der Waals surface area contributed by atoms with Gasteiger partial charge in [-0.3, -0.25) is 4.57 Å². The Morgan fingerprint density at radius 2 is 1.55 bits per heavy atom. The lowest BCUT2D eigenvalue weighted by atomic mass is 10.5. The number of nitrogens with zero attached hydrogens (tertiary/aromatic N) is 6. The lowest BCUT2D eigenvalue weighted by Crippen LogP contribution is -2.07. The van der Waals surface area contributed by atoms with Gasteiger partial charge in [0.1, 0.15) is 6.16 Å². The van der Waals surface area contributed by atoms with E-state index in [1.165, 1.54) is 12.4 Å². The molecule has 2 heterocycles. The largest absolute Gasteiger partial charge is 0.396 e. The van der Waals surface area contributed by atoms with Gasteiger partial charge < -0.3 is 14.8 Å². The molecule has 0 aliphatic rings. The second kappa shape index (κ2) is 7.30. The number of hydrogen-bond donors (Lipinski definition) is 1. The average molecular weight is 325 g/mol. The normalized spacial score (nSPS) is 11.5. The maximum Gasteiger partial charge on any atom is 0.338 e. The summed E-state index contributed by atoms with van der Waals surface area (Å²) in [6.07, 6.45) is 2.76. The Labute approximate surface area is 127 Å². The Morgan fingerprint density at radius 1 is 1.00 bits per heavy atom. The van der Waals surface area contributed by atoms with Crippen molar-refractivity contribution in [2.24, 2.45) is 0 Å². The quantitative estimate of drug-likeness (QED) is 0.735. The third kappa shape index (κ3) is 4.23. The first-order valence-corrected chi connectivity index (χ1v) is 8.31. The predicted octanol–water partition coefficient (Wildman–Crippen LogP) is 1.07. The minimum absolute atomic E-state index is 0.0996. The number of aromatic nitrogens is 6. The van der Waals surface area contributed by atoms with Crippen molar-refractivity contribution in [1.82, 2.24) is 30.4 Å². The third-order valence-electron chi connectivity index (χ3n) is 2.38. The van der Waals surface area contributed by atoms with Gasteiger partial charge in [0.2, 0.25) is 11.6 Å². The Morgan fingerprint density at radius 3 is 2.05 bits per heavy atom. The summed E-state index contributed by atoms with van der Waals surface area (Å²) in [4.78, 5) is 7.93. The summed E-state index contributed by atoms with van der Waals surface area (Å²) in [5, 5.41) is 15.4. The molecule has 0 radical (unpaired) electrons. The van der Waals surface area contributed by atoms with Gasteiger partial charge in [0, 0.05) is 0 Å². The van der Waals surface area contributed by atoms with Crippen LogP contribution in [0, 0.1) is 0 Å². The van der Waals surface area contributed by atoms with Gasteiger partial charge in [0.25, 0.3) is 0 Å². The molecule has 10 nitrogen and oxygen atoms in total. The minimum Gasteiger partial charge on any atom is -0.396 e. The van der Waals surface area contributed by atoms with Crippen LogP contribution in [0.2, 0.25) is 0 Å². The molecule has 118 valence electrons. The standard InChI is InChI=1S/C11H16N7O3P/c1-3-20-22(19,21-4-2)7-9-15-17-11(18-16-9)10-13-5-8(12)6-14-10/h5-6H,3-4,7,12H2,1-2H3. The van der Waals surface area contributed by atoms with Crippen molar-refractivity contribution in [2.75, 3.05) is 18.9 Å². The number of anilines is 1. The molecule has 0 saturated heterocycles. The van der Waals surface area contributed by atoms with Crippen LogP contribution in [-0.4, -0.2) is 43.6 Å². The molecular weight excluding hydrogens is 309 g/mol. The fourth-order valence-corrected chi connectivity index (χ4v) is 3.07. The van der Waals surface area contributed by atoms with Crippen LogP contribution in [0.3, 0.4) is 0 Å².